The highest BCUT2D eigenvalue weighted by molar-refractivity contribution is 5.88. The lowest BCUT2D eigenvalue weighted by Crippen LogP contribution is -2.02. The molecule has 3 aromatic rings. The number of hydrogen-bond acceptors (Lipinski definition) is 5. The number of hydrogen-bond donors (Lipinski definition) is 0. The van der Waals surface area contributed by atoms with Crippen molar-refractivity contribution in [1.82, 2.24) is 4.98 Å². The van der Waals surface area contributed by atoms with Gasteiger partial charge in [-0.3, -0.25) is 14.9 Å². The summed E-state index contributed by atoms with van der Waals surface area (Å²) >= 11 is 0. The van der Waals surface area contributed by atoms with Gasteiger partial charge < -0.3 is 4.74 Å². The minimum atomic E-state index is -0.424. The normalized spacial score (nSPS) is 10.9. The molecule has 0 saturated carbocycles. The number of carbonyl (C=O) groups is 1. The van der Waals surface area contributed by atoms with Crippen LogP contribution < -0.4 is 4.74 Å². The maximum atomic E-state index is 11.2. The molecule has 0 aliphatic heterocycles. The van der Waals surface area contributed by atoms with Crippen LogP contribution in [-0.2, 0) is 4.79 Å². The molecule has 0 aliphatic rings. The van der Waals surface area contributed by atoms with E-state index < -0.39 is 10.9 Å². The van der Waals surface area contributed by atoms with Gasteiger partial charge in [0.15, 0.2) is 5.75 Å². The van der Waals surface area contributed by atoms with Crippen LogP contribution in [0.3, 0.4) is 0 Å². The van der Waals surface area contributed by atoms with Crippen molar-refractivity contribution in [1.29, 1.82) is 0 Å². The molecule has 1 aromatic heterocycles. The molecule has 0 atom stereocenters. The van der Waals surface area contributed by atoms with Crippen LogP contribution in [0.2, 0.25) is 0 Å². The van der Waals surface area contributed by atoms with Crippen molar-refractivity contribution < 1.29 is 14.5 Å². The van der Waals surface area contributed by atoms with E-state index in [1.54, 1.807) is 48.6 Å². The van der Waals surface area contributed by atoms with E-state index in [9.17, 15) is 14.9 Å². The molecule has 0 fully saturated rings. The first kappa shape index (κ1) is 16.3. The second kappa shape index (κ2) is 6.92. The Bertz CT molecular complexity index is 996. The highest BCUT2D eigenvalue weighted by atomic mass is 16.6. The summed E-state index contributed by atoms with van der Waals surface area (Å²) in [5.74, 6) is -0.0407. The van der Waals surface area contributed by atoms with Gasteiger partial charge in [0.25, 0.3) is 5.69 Å². The van der Waals surface area contributed by atoms with Crippen LogP contribution in [-0.4, -0.2) is 15.9 Å². The second-order valence-corrected chi connectivity index (χ2v) is 5.31. The van der Waals surface area contributed by atoms with Crippen molar-refractivity contribution in [2.45, 2.75) is 6.92 Å². The first-order chi connectivity index (χ1) is 12.0. The Morgan fingerprint density at radius 1 is 1.08 bits per heavy atom. The first-order valence-corrected chi connectivity index (χ1v) is 7.54. The van der Waals surface area contributed by atoms with Gasteiger partial charge in [-0.25, -0.2) is 4.98 Å². The number of esters is 1. The Morgan fingerprint density at radius 2 is 1.88 bits per heavy atom. The number of para-hydroxylation sites is 2. The average Bonchev–Trinajstić information content (AvgIpc) is 2.60. The van der Waals surface area contributed by atoms with E-state index in [4.69, 9.17) is 4.74 Å². The van der Waals surface area contributed by atoms with Crippen molar-refractivity contribution in [2.75, 3.05) is 0 Å². The monoisotopic (exact) mass is 334 g/mol. The number of nitrogens with zero attached hydrogens (tertiary/aromatic N) is 2. The molecule has 3 rings (SSSR count). The summed E-state index contributed by atoms with van der Waals surface area (Å²) in [6, 6.07) is 15.4. The van der Waals surface area contributed by atoms with Crippen LogP contribution >= 0.6 is 0 Å². The predicted molar refractivity (Wildman–Crippen MR) is 95.1 cm³/mol. The first-order valence-electron chi connectivity index (χ1n) is 7.54. The zero-order chi connectivity index (χ0) is 17.8. The third kappa shape index (κ3) is 3.69. The molecule has 0 amide bonds. The zero-order valence-electron chi connectivity index (χ0n) is 13.4. The third-order valence-electron chi connectivity index (χ3n) is 3.53. The Hall–Kier alpha value is -3.54. The van der Waals surface area contributed by atoms with Crippen molar-refractivity contribution in [3.05, 3.63) is 76.0 Å². The molecule has 0 unspecified atom stereocenters. The van der Waals surface area contributed by atoms with E-state index in [1.165, 1.54) is 13.0 Å². The lowest BCUT2D eigenvalue weighted by Gasteiger charge is -2.06. The zero-order valence-corrected chi connectivity index (χ0v) is 13.4. The van der Waals surface area contributed by atoms with Gasteiger partial charge >= 0.3 is 5.97 Å². The van der Waals surface area contributed by atoms with E-state index in [0.29, 0.717) is 22.5 Å². The fourth-order valence-corrected chi connectivity index (χ4v) is 2.43. The number of carbonyl (C=O) groups excluding carboxylic acids is 1. The molecule has 0 N–H and O–H groups in total. The molecule has 25 heavy (non-hydrogen) atoms. The average molecular weight is 334 g/mol. The van der Waals surface area contributed by atoms with Crippen molar-refractivity contribution in [3.63, 3.8) is 0 Å². The highest BCUT2D eigenvalue weighted by Gasteiger charge is 2.10. The summed E-state index contributed by atoms with van der Waals surface area (Å²) in [5.41, 5.74) is 1.68. The molecule has 0 spiro atoms. The smallest absolute Gasteiger partial charge is 0.308 e. The minimum absolute atomic E-state index is 0.0279. The van der Waals surface area contributed by atoms with Gasteiger partial charge in [-0.15, -0.1) is 0 Å². The number of ether oxygens (including phenoxy) is 1. The summed E-state index contributed by atoms with van der Waals surface area (Å²) in [4.78, 5) is 26.3. The molecule has 124 valence electrons. The molecule has 6 heteroatoms. The third-order valence-corrected chi connectivity index (χ3v) is 3.53. The van der Waals surface area contributed by atoms with E-state index in [1.807, 2.05) is 12.1 Å². The van der Waals surface area contributed by atoms with Crippen molar-refractivity contribution in [2.24, 2.45) is 0 Å². The molecule has 6 nitrogen and oxygen atoms in total. The number of nitro benzene ring substituents is 1. The molecular weight excluding hydrogens is 320 g/mol. The van der Waals surface area contributed by atoms with Crippen LogP contribution in [0, 0.1) is 10.1 Å². The van der Waals surface area contributed by atoms with E-state index in [-0.39, 0.29) is 5.69 Å². The number of nitro groups is 1. The van der Waals surface area contributed by atoms with Crippen LogP contribution in [0.15, 0.2) is 54.6 Å². The topological polar surface area (TPSA) is 82.3 Å². The fourth-order valence-electron chi connectivity index (χ4n) is 2.43. The maximum Gasteiger partial charge on any atom is 0.308 e. The lowest BCUT2D eigenvalue weighted by atomic mass is 10.1. The number of rotatable bonds is 4. The summed E-state index contributed by atoms with van der Waals surface area (Å²) in [7, 11) is 0. The number of aromatic nitrogens is 1. The van der Waals surface area contributed by atoms with Crippen LogP contribution in [0.1, 0.15) is 18.2 Å². The Balaban J connectivity index is 2.00. The van der Waals surface area contributed by atoms with E-state index in [2.05, 4.69) is 4.98 Å². The molecule has 2 aromatic carbocycles. The highest BCUT2D eigenvalue weighted by Crippen LogP contribution is 2.25. The molecule has 0 aliphatic carbocycles. The van der Waals surface area contributed by atoms with Crippen molar-refractivity contribution >= 4 is 34.7 Å². The maximum absolute atomic E-state index is 11.2. The largest absolute Gasteiger partial charge is 0.424 e. The fraction of sp³-hybridized carbons (Fsp3) is 0.0526. The molecule has 1 heterocycles. The molecular formula is C19H14N2O4. The van der Waals surface area contributed by atoms with Gasteiger partial charge in [0.05, 0.1) is 16.2 Å². The summed E-state index contributed by atoms with van der Waals surface area (Å²) in [6.45, 7) is 1.33. The summed E-state index contributed by atoms with van der Waals surface area (Å²) < 4.78 is 5.18. The number of benzene rings is 2. The molecule has 0 saturated heterocycles. The van der Waals surface area contributed by atoms with Crippen LogP contribution in [0.4, 0.5) is 5.69 Å². The van der Waals surface area contributed by atoms with E-state index in [0.717, 1.165) is 5.39 Å². The van der Waals surface area contributed by atoms with Gasteiger partial charge in [-0.1, -0.05) is 30.3 Å². The standard InChI is InChI=1S/C19H14N2O4/c1-13(22)25-18-8-4-6-15-10-12-16(20-19(15)18)11-9-14-5-2-3-7-17(14)21(23)24/h2-12H,1H3/b11-9+. The lowest BCUT2D eigenvalue weighted by molar-refractivity contribution is -0.385. The van der Waals surface area contributed by atoms with Crippen molar-refractivity contribution in [3.8, 4) is 5.75 Å². The van der Waals surface area contributed by atoms with Gasteiger partial charge in [-0.05, 0) is 30.4 Å². The van der Waals surface area contributed by atoms with Gasteiger partial charge in [0.2, 0.25) is 0 Å². The van der Waals surface area contributed by atoms with Gasteiger partial charge in [0, 0.05) is 18.4 Å². The minimum Gasteiger partial charge on any atom is -0.424 e. The van der Waals surface area contributed by atoms with Crippen LogP contribution in [0.25, 0.3) is 23.1 Å². The quantitative estimate of drug-likeness (QED) is 0.308. The Morgan fingerprint density at radius 3 is 2.64 bits per heavy atom. The molecule has 0 radical (unpaired) electrons. The van der Waals surface area contributed by atoms with Crippen LogP contribution in [0.5, 0.6) is 5.75 Å². The van der Waals surface area contributed by atoms with Gasteiger partial charge in [-0.2, -0.15) is 0 Å². The number of pyridine rings is 1. The summed E-state index contributed by atoms with van der Waals surface area (Å²) in [5, 5.41) is 11.9. The van der Waals surface area contributed by atoms with Gasteiger partial charge in [0.1, 0.15) is 5.52 Å². The van der Waals surface area contributed by atoms with E-state index >= 15 is 0 Å². The number of fused-ring (bicyclic) bond motifs is 1. The predicted octanol–water partition coefficient (Wildman–Crippen LogP) is 4.24. The second-order valence-electron chi connectivity index (χ2n) is 5.31. The SMILES string of the molecule is CC(=O)Oc1cccc2ccc(/C=C/c3ccccc3[N+](=O)[O-])nc12. The Kier molecular flexibility index (Phi) is 4.52. The summed E-state index contributed by atoms with van der Waals surface area (Å²) in [6.07, 6.45) is 3.33. The Labute approximate surface area is 143 Å². The molecule has 0 bridgehead atoms.